The average molecular weight is 345 g/mol. The van der Waals surface area contributed by atoms with Crippen molar-refractivity contribution in [2.24, 2.45) is 0 Å². The molecule has 6 nitrogen and oxygen atoms in total. The number of para-hydroxylation sites is 2. The maximum absolute atomic E-state index is 12.8. The highest BCUT2D eigenvalue weighted by molar-refractivity contribution is 6.09. The van der Waals surface area contributed by atoms with Crippen molar-refractivity contribution < 1.29 is 23.7 Å². The molecule has 0 radical (unpaired) electrons. The Hall–Kier alpha value is -2.89. The monoisotopic (exact) mass is 345 g/mol. The zero-order chi connectivity index (χ0) is 18.4. The second-order valence-electron chi connectivity index (χ2n) is 5.52. The van der Waals surface area contributed by atoms with Gasteiger partial charge in [0.25, 0.3) is 5.91 Å². The fourth-order valence-corrected chi connectivity index (χ4v) is 2.34. The highest BCUT2D eigenvalue weighted by atomic mass is 16.5. The first-order chi connectivity index (χ1) is 12.0. The Morgan fingerprint density at radius 2 is 1.52 bits per heavy atom. The number of ether oxygens (including phenoxy) is 4. The molecule has 0 unspecified atom stereocenters. The van der Waals surface area contributed by atoms with Crippen LogP contribution in [0.5, 0.6) is 23.0 Å². The van der Waals surface area contributed by atoms with E-state index >= 15 is 0 Å². The number of methoxy groups -OCH3 is 3. The van der Waals surface area contributed by atoms with E-state index in [1.54, 1.807) is 24.3 Å². The van der Waals surface area contributed by atoms with Gasteiger partial charge in [-0.05, 0) is 26.0 Å². The van der Waals surface area contributed by atoms with Crippen molar-refractivity contribution in [1.82, 2.24) is 0 Å². The average Bonchev–Trinajstić information content (AvgIpc) is 2.61. The number of hydrogen-bond donors (Lipinski definition) is 1. The van der Waals surface area contributed by atoms with Crippen molar-refractivity contribution >= 4 is 11.6 Å². The molecule has 0 spiro atoms. The standard InChI is InChI=1S/C19H23NO5/c1-12(2)25-15-9-7-6-8-14(15)20-19(21)18-16(23-4)10-13(22-3)11-17(18)24-5/h6-12H,1-5H3,(H,20,21). The number of hydrogen-bond acceptors (Lipinski definition) is 5. The molecule has 6 heteroatoms. The lowest BCUT2D eigenvalue weighted by molar-refractivity contribution is 0.102. The van der Waals surface area contributed by atoms with Gasteiger partial charge in [0.2, 0.25) is 0 Å². The van der Waals surface area contributed by atoms with Gasteiger partial charge in [0.1, 0.15) is 28.6 Å². The van der Waals surface area contributed by atoms with Gasteiger partial charge in [0.15, 0.2) is 0 Å². The molecule has 2 aromatic rings. The summed E-state index contributed by atoms with van der Waals surface area (Å²) in [7, 11) is 4.51. The zero-order valence-corrected chi connectivity index (χ0v) is 15.1. The minimum atomic E-state index is -0.365. The molecule has 0 aromatic heterocycles. The number of carbonyl (C=O) groups excluding carboxylic acids is 1. The van der Waals surface area contributed by atoms with E-state index in [4.69, 9.17) is 18.9 Å². The van der Waals surface area contributed by atoms with Gasteiger partial charge in [-0.1, -0.05) is 12.1 Å². The molecule has 2 rings (SSSR count). The summed E-state index contributed by atoms with van der Waals surface area (Å²) >= 11 is 0. The van der Waals surface area contributed by atoms with Crippen LogP contribution in [0.4, 0.5) is 5.69 Å². The summed E-state index contributed by atoms with van der Waals surface area (Å²) in [5.41, 5.74) is 0.853. The molecule has 0 fully saturated rings. The van der Waals surface area contributed by atoms with Gasteiger partial charge >= 0.3 is 0 Å². The fourth-order valence-electron chi connectivity index (χ4n) is 2.34. The number of benzene rings is 2. The van der Waals surface area contributed by atoms with E-state index in [0.29, 0.717) is 28.7 Å². The molecule has 0 saturated heterocycles. The van der Waals surface area contributed by atoms with Crippen molar-refractivity contribution in [3.8, 4) is 23.0 Å². The molecule has 0 bridgehead atoms. The summed E-state index contributed by atoms with van der Waals surface area (Å²) in [5, 5.41) is 2.85. The van der Waals surface area contributed by atoms with E-state index < -0.39 is 0 Å². The zero-order valence-electron chi connectivity index (χ0n) is 15.1. The molecule has 0 saturated carbocycles. The first kappa shape index (κ1) is 18.4. The summed E-state index contributed by atoms with van der Waals surface area (Å²) in [6, 6.07) is 10.5. The maximum Gasteiger partial charge on any atom is 0.263 e. The maximum atomic E-state index is 12.8. The molecule has 2 aromatic carbocycles. The number of rotatable bonds is 7. The van der Waals surface area contributed by atoms with Crippen molar-refractivity contribution in [3.63, 3.8) is 0 Å². The summed E-state index contributed by atoms with van der Waals surface area (Å²) < 4.78 is 21.6. The van der Waals surface area contributed by atoms with Gasteiger partial charge in [-0.25, -0.2) is 0 Å². The highest BCUT2D eigenvalue weighted by Crippen LogP contribution is 2.35. The largest absolute Gasteiger partial charge is 0.496 e. The molecule has 0 aliphatic rings. The van der Waals surface area contributed by atoms with Gasteiger partial charge in [0.05, 0.1) is 33.1 Å². The van der Waals surface area contributed by atoms with Gasteiger partial charge in [-0.3, -0.25) is 4.79 Å². The summed E-state index contributed by atoms with van der Waals surface area (Å²) in [6.45, 7) is 3.85. The van der Waals surface area contributed by atoms with E-state index in [2.05, 4.69) is 5.32 Å². The quantitative estimate of drug-likeness (QED) is 0.828. The second kappa shape index (κ2) is 8.28. The van der Waals surface area contributed by atoms with Crippen LogP contribution < -0.4 is 24.3 Å². The van der Waals surface area contributed by atoms with E-state index in [1.165, 1.54) is 21.3 Å². The molecule has 1 amide bonds. The number of anilines is 1. The number of carbonyl (C=O) groups is 1. The summed E-state index contributed by atoms with van der Waals surface area (Å²) in [6.07, 6.45) is -0.0110. The highest BCUT2D eigenvalue weighted by Gasteiger charge is 2.21. The SMILES string of the molecule is COc1cc(OC)c(C(=O)Nc2ccccc2OC(C)C)c(OC)c1. The Morgan fingerprint density at radius 1 is 0.920 bits per heavy atom. The molecular weight excluding hydrogens is 322 g/mol. The lowest BCUT2D eigenvalue weighted by Gasteiger charge is -2.17. The third-order valence-corrected chi connectivity index (χ3v) is 3.44. The van der Waals surface area contributed by atoms with Crippen LogP contribution in [-0.4, -0.2) is 33.3 Å². The van der Waals surface area contributed by atoms with Crippen LogP contribution in [0.15, 0.2) is 36.4 Å². The number of nitrogens with one attached hydrogen (secondary N) is 1. The molecule has 134 valence electrons. The molecule has 0 heterocycles. The van der Waals surface area contributed by atoms with Crippen LogP contribution in [0.3, 0.4) is 0 Å². The van der Waals surface area contributed by atoms with Crippen LogP contribution in [0, 0.1) is 0 Å². The van der Waals surface area contributed by atoms with E-state index in [-0.39, 0.29) is 17.6 Å². The molecule has 25 heavy (non-hydrogen) atoms. The summed E-state index contributed by atoms with van der Waals surface area (Å²) in [4.78, 5) is 12.8. The minimum Gasteiger partial charge on any atom is -0.496 e. The van der Waals surface area contributed by atoms with Gasteiger partial charge in [-0.2, -0.15) is 0 Å². The molecule has 0 aliphatic carbocycles. The second-order valence-corrected chi connectivity index (χ2v) is 5.52. The van der Waals surface area contributed by atoms with E-state index in [1.807, 2.05) is 26.0 Å². The van der Waals surface area contributed by atoms with Crippen molar-refractivity contribution in [2.75, 3.05) is 26.6 Å². The molecule has 1 N–H and O–H groups in total. The topological polar surface area (TPSA) is 66.0 Å². The van der Waals surface area contributed by atoms with Crippen LogP contribution >= 0.6 is 0 Å². The van der Waals surface area contributed by atoms with Gasteiger partial charge < -0.3 is 24.3 Å². The summed E-state index contributed by atoms with van der Waals surface area (Å²) in [5.74, 6) is 1.48. The Labute approximate surface area is 147 Å². The Kier molecular flexibility index (Phi) is 6.11. The third kappa shape index (κ3) is 4.35. The Morgan fingerprint density at radius 3 is 2.04 bits per heavy atom. The first-order valence-electron chi connectivity index (χ1n) is 7.87. The van der Waals surface area contributed by atoms with Gasteiger partial charge in [-0.15, -0.1) is 0 Å². The van der Waals surface area contributed by atoms with Crippen molar-refractivity contribution in [2.45, 2.75) is 20.0 Å². The smallest absolute Gasteiger partial charge is 0.263 e. The fraction of sp³-hybridized carbons (Fsp3) is 0.316. The van der Waals surface area contributed by atoms with E-state index in [0.717, 1.165) is 0 Å². The van der Waals surface area contributed by atoms with Gasteiger partial charge in [0, 0.05) is 12.1 Å². The lowest BCUT2D eigenvalue weighted by Crippen LogP contribution is -2.16. The van der Waals surface area contributed by atoms with Crippen LogP contribution in [-0.2, 0) is 0 Å². The van der Waals surface area contributed by atoms with E-state index in [9.17, 15) is 4.79 Å². The first-order valence-corrected chi connectivity index (χ1v) is 7.87. The van der Waals surface area contributed by atoms with Crippen molar-refractivity contribution in [3.05, 3.63) is 42.0 Å². The normalized spacial score (nSPS) is 10.3. The van der Waals surface area contributed by atoms with Crippen LogP contribution in [0.2, 0.25) is 0 Å². The number of amides is 1. The van der Waals surface area contributed by atoms with Crippen LogP contribution in [0.1, 0.15) is 24.2 Å². The van der Waals surface area contributed by atoms with Crippen molar-refractivity contribution in [1.29, 1.82) is 0 Å². The Bertz CT molecular complexity index is 717. The van der Waals surface area contributed by atoms with Crippen LogP contribution in [0.25, 0.3) is 0 Å². The predicted molar refractivity (Wildman–Crippen MR) is 96.3 cm³/mol. The predicted octanol–water partition coefficient (Wildman–Crippen LogP) is 3.75. The minimum absolute atomic E-state index is 0.0110. The third-order valence-electron chi connectivity index (χ3n) is 3.44. The lowest BCUT2D eigenvalue weighted by atomic mass is 10.1. The molecule has 0 aliphatic heterocycles. The Balaban J connectivity index is 2.39. The molecule has 0 atom stereocenters. The molecular formula is C19H23NO5.